The summed E-state index contributed by atoms with van der Waals surface area (Å²) >= 11 is 0. The van der Waals surface area contributed by atoms with Crippen LogP contribution in [0, 0.1) is 0 Å². The van der Waals surface area contributed by atoms with E-state index >= 15 is 0 Å². The number of nitrogens with one attached hydrogen (secondary N) is 2. The lowest BCUT2D eigenvalue weighted by Crippen LogP contribution is -2.39. The number of sulfonamides is 1. The van der Waals surface area contributed by atoms with Gasteiger partial charge in [0.05, 0.1) is 27.7 Å². The lowest BCUT2D eigenvalue weighted by Gasteiger charge is -2.18. The number of sulfone groups is 1. The van der Waals surface area contributed by atoms with Gasteiger partial charge in [0, 0.05) is 0 Å². The Balaban J connectivity index is 1.93. The Morgan fingerprint density at radius 2 is 1.85 bits per heavy atom. The SMILES string of the molecule is NC(CS(=O)(=O)c1ccc(-c2ccc3c(=O)[nH]cnc3c2)c(-c2nn[nH]n2)c1S(N)(=O)=O)OC(=O)C(F)(F)F. The fraction of sp³-hybridized carbons (Fsp3) is 0.158. The molecule has 0 fully saturated rings. The number of aromatic nitrogens is 6. The number of aromatic amines is 2. The third-order valence-electron chi connectivity index (χ3n) is 5.14. The fourth-order valence-electron chi connectivity index (χ4n) is 3.60. The molecular weight excluding hydrogens is 573 g/mol. The second-order valence-electron chi connectivity index (χ2n) is 7.78. The predicted octanol–water partition coefficient (Wildman–Crippen LogP) is -0.418. The molecule has 0 aliphatic carbocycles. The van der Waals surface area contributed by atoms with Crippen LogP contribution >= 0.6 is 0 Å². The number of hydrogen-bond donors (Lipinski definition) is 4. The average molecular weight is 589 g/mol. The Hall–Kier alpha value is -4.27. The summed E-state index contributed by atoms with van der Waals surface area (Å²) in [5.74, 6) is -4.60. The van der Waals surface area contributed by atoms with Gasteiger partial charge in [0.25, 0.3) is 5.56 Å². The van der Waals surface area contributed by atoms with Crippen LogP contribution in [0.2, 0.25) is 0 Å². The van der Waals surface area contributed by atoms with Crippen molar-refractivity contribution in [1.82, 2.24) is 30.6 Å². The molecule has 0 saturated carbocycles. The molecular formula is C19H15F3N8O7S2. The molecule has 0 spiro atoms. The van der Waals surface area contributed by atoms with E-state index in [0.29, 0.717) is 0 Å². The predicted molar refractivity (Wildman–Crippen MR) is 125 cm³/mol. The van der Waals surface area contributed by atoms with Gasteiger partial charge >= 0.3 is 12.1 Å². The second kappa shape index (κ2) is 9.80. The minimum atomic E-state index is -5.46. The lowest BCUT2D eigenvalue weighted by atomic mass is 9.98. The molecule has 2 aromatic heterocycles. The molecule has 20 heteroatoms. The highest BCUT2D eigenvalue weighted by Gasteiger charge is 2.43. The Morgan fingerprint density at radius 3 is 2.46 bits per heavy atom. The minimum absolute atomic E-state index is 0.0103. The highest BCUT2D eigenvalue weighted by molar-refractivity contribution is 7.93. The molecule has 2 heterocycles. The number of rotatable bonds is 7. The monoisotopic (exact) mass is 588 g/mol. The molecule has 1 atom stereocenters. The quantitative estimate of drug-likeness (QED) is 0.159. The van der Waals surface area contributed by atoms with Gasteiger partial charge < -0.3 is 9.72 Å². The van der Waals surface area contributed by atoms with Crippen molar-refractivity contribution in [3.05, 3.63) is 47.0 Å². The van der Waals surface area contributed by atoms with Crippen LogP contribution in [-0.2, 0) is 29.4 Å². The van der Waals surface area contributed by atoms with Crippen molar-refractivity contribution in [2.24, 2.45) is 10.9 Å². The minimum Gasteiger partial charge on any atom is -0.439 e. The Kier molecular flexibility index (Phi) is 6.97. The summed E-state index contributed by atoms with van der Waals surface area (Å²) in [5, 5.41) is 18.5. The van der Waals surface area contributed by atoms with Gasteiger partial charge in [-0.1, -0.05) is 12.1 Å². The van der Waals surface area contributed by atoms with Crippen LogP contribution in [0.25, 0.3) is 33.4 Å². The molecule has 0 saturated heterocycles. The van der Waals surface area contributed by atoms with Crippen LogP contribution in [0.5, 0.6) is 0 Å². The molecule has 6 N–H and O–H groups in total. The van der Waals surface area contributed by atoms with Crippen molar-refractivity contribution < 1.29 is 39.5 Å². The molecule has 39 heavy (non-hydrogen) atoms. The molecule has 0 bridgehead atoms. The van der Waals surface area contributed by atoms with E-state index in [9.17, 15) is 39.6 Å². The first-order chi connectivity index (χ1) is 18.1. The third-order valence-corrected chi connectivity index (χ3v) is 8.04. The third kappa shape index (κ3) is 5.62. The van der Waals surface area contributed by atoms with Gasteiger partial charge in [-0.15, -0.1) is 10.2 Å². The largest absolute Gasteiger partial charge is 0.490 e. The van der Waals surface area contributed by atoms with E-state index in [-0.39, 0.29) is 22.0 Å². The van der Waals surface area contributed by atoms with E-state index in [4.69, 9.17) is 10.9 Å². The number of benzene rings is 2. The molecule has 0 aliphatic rings. The van der Waals surface area contributed by atoms with Crippen LogP contribution in [0.4, 0.5) is 13.2 Å². The first-order valence-electron chi connectivity index (χ1n) is 10.3. The molecule has 0 amide bonds. The van der Waals surface area contributed by atoms with E-state index in [1.165, 1.54) is 18.2 Å². The molecule has 4 rings (SSSR count). The zero-order valence-corrected chi connectivity index (χ0v) is 20.6. The van der Waals surface area contributed by atoms with Gasteiger partial charge in [-0.05, 0) is 34.5 Å². The summed E-state index contributed by atoms with van der Waals surface area (Å²) in [6, 6.07) is 6.16. The summed E-state index contributed by atoms with van der Waals surface area (Å²) in [6.07, 6.45) is -6.65. The van der Waals surface area contributed by atoms with Crippen molar-refractivity contribution in [1.29, 1.82) is 0 Å². The Bertz CT molecular complexity index is 1860. The number of nitrogens with zero attached hydrogens (tertiary/aromatic N) is 4. The molecule has 206 valence electrons. The number of fused-ring (bicyclic) bond motifs is 1. The maximum atomic E-state index is 13.1. The van der Waals surface area contributed by atoms with Crippen molar-refractivity contribution in [2.45, 2.75) is 22.2 Å². The molecule has 4 aromatic rings. The maximum absolute atomic E-state index is 13.1. The van der Waals surface area contributed by atoms with E-state index < -0.39 is 70.7 Å². The van der Waals surface area contributed by atoms with Gasteiger partial charge in [-0.2, -0.15) is 18.4 Å². The highest BCUT2D eigenvalue weighted by Crippen LogP contribution is 2.39. The van der Waals surface area contributed by atoms with Gasteiger partial charge in [0.2, 0.25) is 15.8 Å². The second-order valence-corrected chi connectivity index (χ2v) is 11.3. The van der Waals surface area contributed by atoms with Gasteiger partial charge in [-0.3, -0.25) is 10.5 Å². The van der Waals surface area contributed by atoms with Crippen LogP contribution in [0.1, 0.15) is 0 Å². The van der Waals surface area contributed by atoms with E-state index in [1.54, 1.807) is 0 Å². The van der Waals surface area contributed by atoms with Crippen molar-refractivity contribution in [3.63, 3.8) is 0 Å². The zero-order chi connectivity index (χ0) is 28.8. The standard InChI is InChI=1S/C19H15F3N8O7S2/c20-19(21,22)18(32)37-13(23)6-38(33,34)12-4-3-9(8-1-2-10-11(5-8)25-7-26-17(10)31)14(15(12)39(24,35)36)16-27-29-30-28-16/h1-5,7,13H,6,23H2,(H2,24,35,36)(H,25,26,31)(H,27,28,29,30). The number of alkyl halides is 3. The summed E-state index contributed by atoms with van der Waals surface area (Å²) < 4.78 is 93.2. The van der Waals surface area contributed by atoms with Crippen molar-refractivity contribution in [2.75, 3.05) is 5.75 Å². The summed E-state index contributed by atoms with van der Waals surface area (Å²) in [7, 11) is -9.83. The highest BCUT2D eigenvalue weighted by atomic mass is 32.2. The van der Waals surface area contributed by atoms with E-state index in [1.807, 2.05) is 0 Å². The number of nitrogens with two attached hydrogens (primary N) is 2. The van der Waals surface area contributed by atoms with Crippen LogP contribution in [0.3, 0.4) is 0 Å². The fourth-order valence-corrected chi connectivity index (χ4v) is 6.51. The Morgan fingerprint density at radius 1 is 1.13 bits per heavy atom. The summed E-state index contributed by atoms with van der Waals surface area (Å²) in [4.78, 5) is 27.5. The smallest absolute Gasteiger partial charge is 0.439 e. The number of primary sulfonamides is 1. The zero-order valence-electron chi connectivity index (χ0n) is 19.0. The molecule has 15 nitrogen and oxygen atoms in total. The molecule has 2 aromatic carbocycles. The average Bonchev–Trinajstić information content (AvgIpc) is 3.36. The van der Waals surface area contributed by atoms with Gasteiger partial charge in [-0.25, -0.2) is 31.8 Å². The van der Waals surface area contributed by atoms with Gasteiger partial charge in [0.15, 0.2) is 16.1 Å². The summed E-state index contributed by atoms with van der Waals surface area (Å²) in [5.41, 5.74) is 4.82. The number of H-pyrrole nitrogens is 2. The van der Waals surface area contributed by atoms with E-state index in [2.05, 4.69) is 35.3 Å². The number of esters is 1. The number of halogens is 3. The van der Waals surface area contributed by atoms with E-state index in [0.717, 1.165) is 18.5 Å². The number of carbonyl (C=O) groups excluding carboxylic acids is 1. The lowest BCUT2D eigenvalue weighted by molar-refractivity contribution is -0.203. The van der Waals surface area contributed by atoms with Crippen molar-refractivity contribution in [3.8, 4) is 22.5 Å². The van der Waals surface area contributed by atoms with Crippen LogP contribution in [0.15, 0.2) is 51.2 Å². The number of ether oxygens (including phenoxy) is 1. The normalized spacial score (nSPS) is 13.4. The topological polar surface area (TPSA) is 247 Å². The molecule has 1 unspecified atom stereocenters. The maximum Gasteiger partial charge on any atom is 0.490 e. The first kappa shape index (κ1) is 27.8. The molecule has 0 radical (unpaired) electrons. The first-order valence-corrected chi connectivity index (χ1v) is 13.5. The van der Waals surface area contributed by atoms with Crippen LogP contribution in [-0.4, -0.2) is 71.6 Å². The number of carbonyl (C=O) groups is 1. The number of hydrogen-bond acceptors (Lipinski definition) is 12. The molecule has 0 aliphatic heterocycles. The van der Waals surface area contributed by atoms with Crippen LogP contribution < -0.4 is 16.4 Å². The van der Waals surface area contributed by atoms with Crippen molar-refractivity contribution >= 4 is 36.7 Å². The van der Waals surface area contributed by atoms with Gasteiger partial charge in [0.1, 0.15) is 10.6 Å². The Labute approximate surface area is 215 Å². The number of tetrazole rings is 1. The summed E-state index contributed by atoms with van der Waals surface area (Å²) in [6.45, 7) is 0.